The van der Waals surface area contributed by atoms with Gasteiger partial charge in [-0.3, -0.25) is 14.6 Å². The molecule has 1 unspecified atom stereocenters. The Bertz CT molecular complexity index is 942. The zero-order chi connectivity index (χ0) is 19.3. The van der Waals surface area contributed by atoms with Crippen LogP contribution in [0.25, 0.3) is 0 Å². The number of nitrogens with zero attached hydrogens (tertiary/aromatic N) is 4. The summed E-state index contributed by atoms with van der Waals surface area (Å²) in [5, 5.41) is 8.73. The number of carbonyl (C=O) groups excluding carboxylic acids is 2. The smallest absolute Gasteiger partial charge is 0.246 e. The van der Waals surface area contributed by atoms with E-state index in [0.717, 1.165) is 10.6 Å². The minimum Gasteiger partial charge on any atom is -0.347 e. The first kappa shape index (κ1) is 18.3. The molecule has 1 aliphatic rings. The van der Waals surface area contributed by atoms with E-state index < -0.39 is 0 Å². The summed E-state index contributed by atoms with van der Waals surface area (Å²) < 4.78 is 5.19. The van der Waals surface area contributed by atoms with Crippen LogP contribution in [0.2, 0.25) is 0 Å². The molecule has 0 spiro atoms. The van der Waals surface area contributed by atoms with Crippen LogP contribution in [-0.4, -0.2) is 38.4 Å². The van der Waals surface area contributed by atoms with Crippen molar-refractivity contribution in [2.75, 3.05) is 6.54 Å². The van der Waals surface area contributed by atoms with Crippen LogP contribution < -0.4 is 5.32 Å². The lowest BCUT2D eigenvalue weighted by Crippen LogP contribution is -2.32. The quantitative estimate of drug-likeness (QED) is 0.652. The molecule has 9 heteroatoms. The lowest BCUT2D eigenvalue weighted by Gasteiger charge is -2.15. The highest BCUT2D eigenvalue weighted by molar-refractivity contribution is 7.09. The van der Waals surface area contributed by atoms with Crippen molar-refractivity contribution in [3.8, 4) is 0 Å². The van der Waals surface area contributed by atoms with Crippen molar-refractivity contribution in [3.63, 3.8) is 0 Å². The van der Waals surface area contributed by atoms with Gasteiger partial charge < -0.3 is 14.7 Å². The highest BCUT2D eigenvalue weighted by Gasteiger charge is 2.34. The maximum absolute atomic E-state index is 12.4. The summed E-state index contributed by atoms with van der Waals surface area (Å²) in [6, 6.07) is 9.56. The average Bonchev–Trinajstić information content (AvgIpc) is 3.44. The Morgan fingerprint density at radius 3 is 3.04 bits per heavy atom. The molecule has 4 rings (SSSR count). The fourth-order valence-electron chi connectivity index (χ4n) is 3.10. The van der Waals surface area contributed by atoms with Crippen LogP contribution in [0.3, 0.4) is 0 Å². The van der Waals surface area contributed by atoms with Crippen LogP contribution in [0.5, 0.6) is 0 Å². The molecule has 0 bridgehead atoms. The molecule has 0 saturated carbocycles. The zero-order valence-corrected chi connectivity index (χ0v) is 15.9. The molecule has 1 aliphatic heterocycles. The van der Waals surface area contributed by atoms with E-state index in [0.29, 0.717) is 31.2 Å². The van der Waals surface area contributed by atoms with Crippen LogP contribution in [0.1, 0.15) is 28.7 Å². The molecule has 3 aromatic heterocycles. The summed E-state index contributed by atoms with van der Waals surface area (Å²) in [5.74, 6) is 0.334. The molecule has 4 heterocycles. The molecule has 8 nitrogen and oxygen atoms in total. The lowest BCUT2D eigenvalue weighted by atomic mass is 10.1. The molecule has 1 N–H and O–H groups in total. The number of carbonyl (C=O) groups is 2. The molecular formula is C19H19N5O3S. The third-order valence-electron chi connectivity index (χ3n) is 4.50. The molecule has 2 amide bonds. The first-order chi connectivity index (χ1) is 13.7. The number of pyridine rings is 1. The SMILES string of the molecule is O=C(NCc1nc(Cc2cccs2)no1)C1CC(=O)N(Cc2ccccn2)C1. The lowest BCUT2D eigenvalue weighted by molar-refractivity contribution is -0.129. The average molecular weight is 397 g/mol. The maximum atomic E-state index is 12.4. The van der Waals surface area contributed by atoms with Crippen molar-refractivity contribution in [3.05, 3.63) is 64.2 Å². The minimum atomic E-state index is -0.385. The van der Waals surface area contributed by atoms with Crippen LogP contribution in [-0.2, 0) is 29.1 Å². The van der Waals surface area contributed by atoms with E-state index >= 15 is 0 Å². The molecule has 28 heavy (non-hydrogen) atoms. The van der Waals surface area contributed by atoms with Gasteiger partial charge in [-0.1, -0.05) is 17.3 Å². The van der Waals surface area contributed by atoms with Gasteiger partial charge in [0, 0.05) is 30.5 Å². The number of amides is 2. The predicted octanol–water partition coefficient (Wildman–Crippen LogP) is 1.78. The van der Waals surface area contributed by atoms with Crippen LogP contribution >= 0.6 is 11.3 Å². The van der Waals surface area contributed by atoms with E-state index in [1.54, 1.807) is 22.4 Å². The Morgan fingerprint density at radius 2 is 2.25 bits per heavy atom. The van der Waals surface area contributed by atoms with Gasteiger partial charge in [0.15, 0.2) is 5.82 Å². The number of thiophene rings is 1. The third-order valence-corrected chi connectivity index (χ3v) is 5.38. The van der Waals surface area contributed by atoms with Gasteiger partial charge in [-0.2, -0.15) is 4.98 Å². The molecule has 144 valence electrons. The topological polar surface area (TPSA) is 101 Å². The van der Waals surface area contributed by atoms with E-state index in [2.05, 4.69) is 20.4 Å². The van der Waals surface area contributed by atoms with Crippen molar-refractivity contribution < 1.29 is 14.1 Å². The van der Waals surface area contributed by atoms with E-state index in [-0.39, 0.29) is 30.7 Å². The summed E-state index contributed by atoms with van der Waals surface area (Å²) in [5.41, 5.74) is 0.807. The second-order valence-electron chi connectivity index (χ2n) is 6.57. The Hall–Kier alpha value is -3.07. The number of rotatable bonds is 7. The number of nitrogens with one attached hydrogen (secondary N) is 1. The highest BCUT2D eigenvalue weighted by Crippen LogP contribution is 2.20. The van der Waals surface area contributed by atoms with Crippen molar-refractivity contribution in [1.29, 1.82) is 0 Å². The third kappa shape index (κ3) is 4.42. The fourth-order valence-corrected chi connectivity index (χ4v) is 3.80. The van der Waals surface area contributed by atoms with Crippen LogP contribution in [0, 0.1) is 5.92 Å². The predicted molar refractivity (Wildman–Crippen MR) is 101 cm³/mol. The standard InChI is InChI=1S/C19H19N5O3S/c25-18-8-13(11-24(18)12-14-4-1-2-6-20-14)19(26)21-10-17-22-16(23-27-17)9-15-5-3-7-28-15/h1-7,13H,8-12H2,(H,21,26). The molecule has 3 aromatic rings. The van der Waals surface area contributed by atoms with Crippen LogP contribution in [0.4, 0.5) is 0 Å². The summed E-state index contributed by atoms with van der Waals surface area (Å²) >= 11 is 1.63. The van der Waals surface area contributed by atoms with Gasteiger partial charge in [0.05, 0.1) is 24.7 Å². The second-order valence-corrected chi connectivity index (χ2v) is 7.61. The van der Waals surface area contributed by atoms with Crippen molar-refractivity contribution >= 4 is 23.2 Å². The molecular weight excluding hydrogens is 378 g/mol. The molecule has 0 aliphatic carbocycles. The fraction of sp³-hybridized carbons (Fsp3) is 0.316. The molecule has 0 radical (unpaired) electrons. The van der Waals surface area contributed by atoms with E-state index in [1.807, 2.05) is 35.7 Å². The van der Waals surface area contributed by atoms with Gasteiger partial charge in [-0.25, -0.2) is 0 Å². The van der Waals surface area contributed by atoms with Gasteiger partial charge in [0.2, 0.25) is 17.7 Å². The molecule has 1 atom stereocenters. The zero-order valence-electron chi connectivity index (χ0n) is 15.1. The summed E-state index contributed by atoms with van der Waals surface area (Å²) in [6.45, 7) is 0.953. The van der Waals surface area contributed by atoms with E-state index in [9.17, 15) is 9.59 Å². The van der Waals surface area contributed by atoms with E-state index in [4.69, 9.17) is 4.52 Å². The number of hydrogen-bond donors (Lipinski definition) is 1. The molecule has 1 fully saturated rings. The normalized spacial score (nSPS) is 16.5. The van der Waals surface area contributed by atoms with E-state index in [1.165, 1.54) is 0 Å². The largest absolute Gasteiger partial charge is 0.347 e. The Morgan fingerprint density at radius 1 is 1.32 bits per heavy atom. The van der Waals surface area contributed by atoms with Gasteiger partial charge >= 0.3 is 0 Å². The number of hydrogen-bond acceptors (Lipinski definition) is 7. The summed E-state index contributed by atoms with van der Waals surface area (Å²) in [4.78, 5) is 36.0. The molecule has 1 saturated heterocycles. The van der Waals surface area contributed by atoms with Gasteiger partial charge in [-0.15, -0.1) is 11.3 Å². The first-order valence-corrected chi connectivity index (χ1v) is 9.84. The highest BCUT2D eigenvalue weighted by atomic mass is 32.1. The van der Waals surface area contributed by atoms with Crippen LogP contribution in [0.15, 0.2) is 46.4 Å². The van der Waals surface area contributed by atoms with Crippen molar-refractivity contribution in [2.45, 2.75) is 25.9 Å². The summed E-state index contributed by atoms with van der Waals surface area (Å²) in [6.07, 6.45) is 2.50. The number of likely N-dealkylation sites (tertiary alicyclic amines) is 1. The Kier molecular flexibility index (Phi) is 5.43. The van der Waals surface area contributed by atoms with Gasteiger partial charge in [0.1, 0.15) is 0 Å². The Labute approximate surface area is 165 Å². The number of aromatic nitrogens is 3. The monoisotopic (exact) mass is 397 g/mol. The summed E-state index contributed by atoms with van der Waals surface area (Å²) in [7, 11) is 0. The maximum Gasteiger partial charge on any atom is 0.246 e. The van der Waals surface area contributed by atoms with Crippen molar-refractivity contribution in [2.24, 2.45) is 5.92 Å². The van der Waals surface area contributed by atoms with Gasteiger partial charge in [-0.05, 0) is 23.6 Å². The molecule has 0 aromatic carbocycles. The first-order valence-electron chi connectivity index (χ1n) is 8.96. The second kappa shape index (κ2) is 8.30. The Balaban J connectivity index is 1.27. The van der Waals surface area contributed by atoms with Crippen molar-refractivity contribution in [1.82, 2.24) is 25.3 Å². The van der Waals surface area contributed by atoms with Gasteiger partial charge in [0.25, 0.3) is 0 Å². The minimum absolute atomic E-state index is 0.0400.